The number of carbonyl (C=O) groups is 2. The largest absolute Gasteiger partial charge is 0.477 e. The van der Waals surface area contributed by atoms with Crippen LogP contribution in [0.4, 0.5) is 10.1 Å². The Morgan fingerprint density at radius 3 is 2.49 bits per heavy atom. The van der Waals surface area contributed by atoms with E-state index >= 15 is 4.39 Å². The lowest BCUT2D eigenvalue weighted by Crippen LogP contribution is -2.49. The number of fused-ring (bicyclic) bond motifs is 1. The van der Waals surface area contributed by atoms with Gasteiger partial charge < -0.3 is 24.5 Å². The Morgan fingerprint density at radius 2 is 1.84 bits per heavy atom. The lowest BCUT2D eigenvalue weighted by molar-refractivity contribution is -0.128. The molecule has 2 aromatic heterocycles. The van der Waals surface area contributed by atoms with Gasteiger partial charge in [0.05, 0.1) is 22.7 Å². The maximum Gasteiger partial charge on any atom is 0.341 e. The molecule has 1 amide bonds. The zero-order valence-corrected chi connectivity index (χ0v) is 23.6. The molecule has 1 saturated carbocycles. The molecule has 0 radical (unpaired) electrons. The van der Waals surface area contributed by atoms with Gasteiger partial charge in [0.2, 0.25) is 11.3 Å². The monoisotopic (exact) mass is 600 g/mol. The predicted octanol–water partition coefficient (Wildman–Crippen LogP) is 3.24. The van der Waals surface area contributed by atoms with Crippen LogP contribution < -0.4 is 15.9 Å². The highest BCUT2D eigenvalue weighted by Crippen LogP contribution is 2.38. The molecule has 2 fully saturated rings. The molecule has 2 aliphatic rings. The minimum atomic E-state index is -1.34. The Labute approximate surface area is 248 Å². The smallest absolute Gasteiger partial charge is 0.341 e. The maximum atomic E-state index is 15.3. The first-order valence-electron chi connectivity index (χ1n) is 13.6. The van der Waals surface area contributed by atoms with Crippen molar-refractivity contribution in [1.82, 2.24) is 19.4 Å². The molecular weight excluding hydrogens is 575 g/mol. The second-order valence-corrected chi connectivity index (χ2v) is 11.3. The van der Waals surface area contributed by atoms with Crippen LogP contribution in [0, 0.1) is 17.1 Å². The number of carbonyl (C=O) groups excluding carboxylic acids is 1. The first-order chi connectivity index (χ1) is 20.7. The van der Waals surface area contributed by atoms with E-state index in [2.05, 4.69) is 9.97 Å². The molecule has 13 heteroatoms. The molecule has 0 atom stereocenters. The van der Waals surface area contributed by atoms with Crippen molar-refractivity contribution in [2.24, 2.45) is 0 Å². The maximum absolute atomic E-state index is 15.3. The number of aromatic nitrogens is 3. The summed E-state index contributed by atoms with van der Waals surface area (Å²) in [6.45, 7) is 1.36. The van der Waals surface area contributed by atoms with E-state index in [0.29, 0.717) is 42.9 Å². The standard InChI is InChI=1S/C30H25FN6O5S/c31-22-12-19-23(37(18-6-7-18)15-21(27(19)39)29(41)42)13-24(22)35-8-10-36(11-9-35)25(38)16-43-30-33-26(17-4-2-1-3-5-17)20(14-32)28(40)34-30/h1-5,12-13,15,18H,6-11,16H2,(H,41,42)(H,33,34,40). The minimum Gasteiger partial charge on any atom is -0.477 e. The first kappa shape index (κ1) is 28.2. The molecule has 0 unspecified atom stereocenters. The number of nitriles is 1. The van der Waals surface area contributed by atoms with Crippen LogP contribution in [0.3, 0.4) is 0 Å². The van der Waals surface area contributed by atoms with Gasteiger partial charge in [-0.05, 0) is 25.0 Å². The first-order valence-corrected chi connectivity index (χ1v) is 14.6. The molecule has 1 aliphatic carbocycles. The Bertz CT molecular complexity index is 1920. The molecule has 11 nitrogen and oxygen atoms in total. The molecule has 0 spiro atoms. The van der Waals surface area contributed by atoms with Crippen molar-refractivity contribution in [2.45, 2.75) is 24.0 Å². The van der Waals surface area contributed by atoms with E-state index in [1.807, 2.05) is 17.0 Å². The summed E-state index contributed by atoms with van der Waals surface area (Å²) in [5.74, 6) is -2.15. The number of halogens is 1. The number of aromatic carboxylic acids is 1. The van der Waals surface area contributed by atoms with Crippen molar-refractivity contribution in [3.05, 3.63) is 86.2 Å². The van der Waals surface area contributed by atoms with Crippen LogP contribution in [-0.4, -0.2) is 68.3 Å². The molecule has 1 aliphatic heterocycles. The number of H-pyrrole nitrogens is 1. The van der Waals surface area contributed by atoms with Crippen molar-refractivity contribution in [2.75, 3.05) is 36.8 Å². The van der Waals surface area contributed by atoms with Crippen LogP contribution in [0.15, 0.2) is 63.4 Å². The Kier molecular flexibility index (Phi) is 7.45. The van der Waals surface area contributed by atoms with Gasteiger partial charge in [-0.15, -0.1) is 0 Å². The number of pyridine rings is 1. The van der Waals surface area contributed by atoms with Gasteiger partial charge in [-0.2, -0.15) is 5.26 Å². The Hall–Kier alpha value is -4.96. The van der Waals surface area contributed by atoms with Crippen molar-refractivity contribution in [3.8, 4) is 17.3 Å². The molecule has 4 aromatic rings. The summed E-state index contributed by atoms with van der Waals surface area (Å²) in [6, 6.07) is 13.5. The quantitative estimate of drug-likeness (QED) is 0.241. The second-order valence-electron chi connectivity index (χ2n) is 10.4. The third-order valence-corrected chi connectivity index (χ3v) is 8.49. The number of hydrogen-bond donors (Lipinski definition) is 2. The summed E-state index contributed by atoms with van der Waals surface area (Å²) in [5.41, 5.74) is -0.133. The summed E-state index contributed by atoms with van der Waals surface area (Å²) in [6.07, 6.45) is 3.04. The van der Waals surface area contributed by atoms with Gasteiger partial charge >= 0.3 is 5.97 Å². The van der Waals surface area contributed by atoms with Gasteiger partial charge in [-0.1, -0.05) is 42.1 Å². The third-order valence-electron chi connectivity index (χ3n) is 7.63. The van der Waals surface area contributed by atoms with Gasteiger partial charge in [0.15, 0.2) is 5.16 Å². The predicted molar refractivity (Wildman–Crippen MR) is 158 cm³/mol. The molecule has 218 valence electrons. The number of aromatic amines is 1. The van der Waals surface area contributed by atoms with Crippen LogP contribution in [0.1, 0.15) is 34.8 Å². The minimum absolute atomic E-state index is 0.00693. The number of rotatable bonds is 7. The molecule has 6 rings (SSSR count). The number of nitrogens with one attached hydrogen (secondary N) is 1. The second kappa shape index (κ2) is 11.4. The number of benzene rings is 2. The van der Waals surface area contributed by atoms with Crippen LogP contribution in [-0.2, 0) is 4.79 Å². The summed E-state index contributed by atoms with van der Waals surface area (Å²) in [4.78, 5) is 60.4. The van der Waals surface area contributed by atoms with Crippen molar-refractivity contribution in [3.63, 3.8) is 0 Å². The van der Waals surface area contributed by atoms with E-state index < -0.39 is 22.8 Å². The van der Waals surface area contributed by atoms with Gasteiger partial charge in [-0.3, -0.25) is 14.4 Å². The van der Waals surface area contributed by atoms with Gasteiger partial charge in [0.25, 0.3) is 5.56 Å². The highest BCUT2D eigenvalue weighted by Gasteiger charge is 2.29. The van der Waals surface area contributed by atoms with E-state index in [1.54, 1.807) is 39.8 Å². The molecule has 3 heterocycles. The van der Waals surface area contributed by atoms with Crippen LogP contribution in [0.2, 0.25) is 0 Å². The van der Waals surface area contributed by atoms with Gasteiger partial charge in [-0.25, -0.2) is 14.2 Å². The number of amides is 1. The molecular formula is C30H25FN6O5S. The fraction of sp³-hybridized carbons (Fsp3) is 0.267. The van der Waals surface area contributed by atoms with Gasteiger partial charge in [0.1, 0.15) is 23.0 Å². The number of hydrogen-bond acceptors (Lipinski definition) is 8. The average molecular weight is 601 g/mol. The summed E-state index contributed by atoms with van der Waals surface area (Å²) < 4.78 is 17.0. The van der Waals surface area contributed by atoms with Crippen LogP contribution in [0.25, 0.3) is 22.2 Å². The molecule has 2 N–H and O–H groups in total. The van der Waals surface area contributed by atoms with E-state index in [1.165, 1.54) is 6.20 Å². The fourth-order valence-corrected chi connectivity index (χ4v) is 6.02. The van der Waals surface area contributed by atoms with Crippen molar-refractivity contribution in [1.29, 1.82) is 5.26 Å². The highest BCUT2D eigenvalue weighted by molar-refractivity contribution is 7.99. The van der Waals surface area contributed by atoms with Crippen LogP contribution in [0.5, 0.6) is 0 Å². The number of piperazine rings is 1. The molecule has 1 saturated heterocycles. The molecule has 43 heavy (non-hydrogen) atoms. The lowest BCUT2D eigenvalue weighted by atomic mass is 10.1. The third kappa shape index (κ3) is 5.49. The van der Waals surface area contributed by atoms with Crippen molar-refractivity contribution < 1.29 is 19.1 Å². The zero-order valence-electron chi connectivity index (χ0n) is 22.7. The van der Waals surface area contributed by atoms with E-state index in [-0.39, 0.29) is 45.1 Å². The SMILES string of the molecule is N#Cc1c(-c2ccccc2)nc(SCC(=O)N2CCN(c3cc4c(cc3F)c(=O)c(C(=O)O)cn4C3CC3)CC2)[nH]c1=O. The van der Waals surface area contributed by atoms with Crippen molar-refractivity contribution >= 4 is 40.2 Å². The highest BCUT2D eigenvalue weighted by atomic mass is 32.2. The van der Waals surface area contributed by atoms with E-state index in [4.69, 9.17) is 0 Å². The fourth-order valence-electron chi connectivity index (χ4n) is 5.26. The van der Waals surface area contributed by atoms with E-state index in [9.17, 15) is 29.5 Å². The average Bonchev–Trinajstić information content (AvgIpc) is 3.86. The number of carboxylic acids is 1. The topological polar surface area (TPSA) is 152 Å². The number of carboxylic acid groups (broad SMARTS) is 1. The Balaban J connectivity index is 1.16. The van der Waals surface area contributed by atoms with E-state index in [0.717, 1.165) is 30.7 Å². The summed E-state index contributed by atoms with van der Waals surface area (Å²) in [5, 5.41) is 19.2. The van der Waals surface area contributed by atoms with Crippen LogP contribution >= 0.6 is 11.8 Å². The van der Waals surface area contributed by atoms with Gasteiger partial charge in [0, 0.05) is 49.4 Å². The normalized spacial score (nSPS) is 15.0. The zero-order chi connectivity index (χ0) is 30.2. The molecule has 0 bridgehead atoms. The lowest BCUT2D eigenvalue weighted by Gasteiger charge is -2.36. The number of thioether (sulfide) groups is 1. The number of anilines is 1. The Morgan fingerprint density at radius 1 is 1.12 bits per heavy atom. The molecule has 2 aromatic carbocycles. The number of nitrogens with zero attached hydrogens (tertiary/aromatic N) is 5. The summed E-state index contributed by atoms with van der Waals surface area (Å²) >= 11 is 1.07. The summed E-state index contributed by atoms with van der Waals surface area (Å²) in [7, 11) is 0.